The molecule has 3 rings (SSSR count). The molecule has 0 spiro atoms. The summed E-state index contributed by atoms with van der Waals surface area (Å²) in [5.41, 5.74) is 4.55. The molecule has 4 heteroatoms. The Hall–Kier alpha value is -1.39. The van der Waals surface area contributed by atoms with Gasteiger partial charge in [-0.15, -0.1) is 0 Å². The van der Waals surface area contributed by atoms with E-state index in [2.05, 4.69) is 63.7 Å². The molecular formula is C21H31NO2Si. The number of ketones is 1. The summed E-state index contributed by atoms with van der Waals surface area (Å²) in [5.74, 6) is 0.303. The Morgan fingerprint density at radius 1 is 1.12 bits per heavy atom. The van der Waals surface area contributed by atoms with Crippen LogP contribution in [-0.4, -0.2) is 18.7 Å². The fraction of sp³-hybridized carbons (Fsp3) is 0.571. The number of aromatic nitrogens is 1. The summed E-state index contributed by atoms with van der Waals surface area (Å²) in [6.45, 7) is 12.0. The van der Waals surface area contributed by atoms with Crippen molar-refractivity contribution < 1.29 is 9.22 Å². The number of benzene rings is 1. The average Bonchev–Trinajstić information content (AvgIpc) is 2.71. The molecule has 25 heavy (non-hydrogen) atoms. The van der Waals surface area contributed by atoms with Crippen LogP contribution in [0.2, 0.25) is 18.1 Å². The van der Waals surface area contributed by atoms with Gasteiger partial charge in [-0.05, 0) is 61.2 Å². The lowest BCUT2D eigenvalue weighted by Crippen LogP contribution is -2.40. The number of hydrogen-bond acceptors (Lipinski definition) is 2. The van der Waals surface area contributed by atoms with E-state index in [1.54, 1.807) is 0 Å². The summed E-state index contributed by atoms with van der Waals surface area (Å²) in [4.78, 5) is 12.4. The number of fused-ring (bicyclic) bond motifs is 2. The number of carbonyl (C=O) groups is 1. The number of rotatable bonds is 3. The normalized spacial score (nSPS) is 16.2. The second-order valence-corrected chi connectivity index (χ2v) is 13.8. The van der Waals surface area contributed by atoms with Gasteiger partial charge < -0.3 is 8.99 Å². The standard InChI is InChI=1S/C21H31NO2Si/c1-21(2,3)25(5,6)24-14-17-11-16-12-18-15(13-19(16)22(17)4)9-7-8-10-20(18)23/h11-13H,7-10,14H2,1-6H3. The third-order valence-corrected chi connectivity index (χ3v) is 10.6. The zero-order chi connectivity index (χ0) is 18.4. The van der Waals surface area contributed by atoms with E-state index in [1.807, 2.05) is 0 Å². The number of hydrogen-bond donors (Lipinski definition) is 0. The fourth-order valence-corrected chi connectivity index (χ4v) is 4.24. The molecular weight excluding hydrogens is 326 g/mol. The zero-order valence-corrected chi connectivity index (χ0v) is 17.5. The van der Waals surface area contributed by atoms with E-state index in [9.17, 15) is 4.79 Å². The van der Waals surface area contributed by atoms with Gasteiger partial charge in [0.25, 0.3) is 0 Å². The van der Waals surface area contributed by atoms with E-state index < -0.39 is 8.32 Å². The first-order chi connectivity index (χ1) is 11.6. The van der Waals surface area contributed by atoms with Crippen LogP contribution in [0.4, 0.5) is 0 Å². The molecule has 0 saturated carbocycles. The number of nitrogens with zero attached hydrogens (tertiary/aromatic N) is 1. The van der Waals surface area contributed by atoms with Crippen LogP contribution in [0.3, 0.4) is 0 Å². The van der Waals surface area contributed by atoms with Gasteiger partial charge in [-0.25, -0.2) is 0 Å². The minimum atomic E-state index is -1.77. The number of Topliss-reactive ketones (excluding diaryl/α,β-unsaturated/α-hetero) is 1. The molecule has 136 valence electrons. The molecule has 1 aliphatic rings. The molecule has 0 unspecified atom stereocenters. The van der Waals surface area contributed by atoms with Crippen LogP contribution in [0, 0.1) is 0 Å². The van der Waals surface area contributed by atoms with Gasteiger partial charge in [0.05, 0.1) is 6.61 Å². The SMILES string of the molecule is Cn1c(CO[Si](C)(C)C(C)(C)C)cc2cc3c(cc21)CCCCC3=O. The first kappa shape index (κ1) is 18.4. The second-order valence-electron chi connectivity index (χ2n) is 8.94. The lowest BCUT2D eigenvalue weighted by Gasteiger charge is -2.36. The predicted molar refractivity (Wildman–Crippen MR) is 107 cm³/mol. The maximum absolute atomic E-state index is 12.4. The Bertz CT molecular complexity index is 811. The van der Waals surface area contributed by atoms with Crippen LogP contribution in [0.25, 0.3) is 10.9 Å². The minimum Gasteiger partial charge on any atom is -0.411 e. The highest BCUT2D eigenvalue weighted by Crippen LogP contribution is 2.37. The van der Waals surface area contributed by atoms with Gasteiger partial charge in [-0.2, -0.15) is 0 Å². The highest BCUT2D eigenvalue weighted by molar-refractivity contribution is 6.74. The first-order valence-corrected chi connectivity index (χ1v) is 12.3. The van der Waals surface area contributed by atoms with Crippen molar-refractivity contribution in [3.63, 3.8) is 0 Å². The molecule has 1 aromatic heterocycles. The summed E-state index contributed by atoms with van der Waals surface area (Å²) < 4.78 is 8.64. The molecule has 0 radical (unpaired) electrons. The molecule has 3 nitrogen and oxygen atoms in total. The molecule has 0 aliphatic heterocycles. The molecule has 2 aromatic rings. The van der Waals surface area contributed by atoms with Crippen LogP contribution in [0.15, 0.2) is 18.2 Å². The Balaban J connectivity index is 1.94. The highest BCUT2D eigenvalue weighted by Gasteiger charge is 2.37. The smallest absolute Gasteiger partial charge is 0.192 e. The molecule has 0 fully saturated rings. The summed E-state index contributed by atoms with van der Waals surface area (Å²) >= 11 is 0. The zero-order valence-electron chi connectivity index (χ0n) is 16.5. The largest absolute Gasteiger partial charge is 0.411 e. The summed E-state index contributed by atoms with van der Waals surface area (Å²) in [6.07, 6.45) is 3.82. The lowest BCUT2D eigenvalue weighted by atomic mass is 10.00. The quantitative estimate of drug-likeness (QED) is 0.528. The molecule has 0 N–H and O–H groups in total. The average molecular weight is 358 g/mol. The number of aryl methyl sites for hydroxylation is 2. The predicted octanol–water partition coefficient (Wildman–Crippen LogP) is 5.61. The van der Waals surface area contributed by atoms with Crippen LogP contribution < -0.4 is 0 Å². The van der Waals surface area contributed by atoms with Gasteiger partial charge in [0, 0.05) is 35.6 Å². The number of carbonyl (C=O) groups excluding carboxylic acids is 1. The summed E-state index contributed by atoms with van der Waals surface area (Å²) in [6, 6.07) is 6.53. The van der Waals surface area contributed by atoms with Gasteiger partial charge in [0.1, 0.15) is 0 Å². The Morgan fingerprint density at radius 3 is 2.48 bits per heavy atom. The van der Waals surface area contributed by atoms with Crippen molar-refractivity contribution in [1.82, 2.24) is 4.57 Å². The van der Waals surface area contributed by atoms with Crippen molar-refractivity contribution in [2.24, 2.45) is 7.05 Å². The third-order valence-electron chi connectivity index (χ3n) is 6.15. The fourth-order valence-electron chi connectivity index (χ4n) is 3.30. The summed E-state index contributed by atoms with van der Waals surface area (Å²) in [7, 11) is 0.338. The summed E-state index contributed by atoms with van der Waals surface area (Å²) in [5, 5.41) is 1.37. The van der Waals surface area contributed by atoms with Crippen molar-refractivity contribution in [3.05, 3.63) is 35.0 Å². The topological polar surface area (TPSA) is 31.2 Å². The van der Waals surface area contributed by atoms with Gasteiger partial charge in [-0.1, -0.05) is 20.8 Å². The van der Waals surface area contributed by atoms with E-state index in [1.165, 1.54) is 16.8 Å². The van der Waals surface area contributed by atoms with E-state index in [0.717, 1.165) is 30.2 Å². The third kappa shape index (κ3) is 3.47. The molecule has 0 amide bonds. The van der Waals surface area contributed by atoms with Crippen LogP contribution in [0.5, 0.6) is 0 Å². The van der Waals surface area contributed by atoms with Crippen molar-refractivity contribution >= 4 is 25.0 Å². The minimum absolute atomic E-state index is 0.210. The van der Waals surface area contributed by atoms with Gasteiger partial charge >= 0.3 is 0 Å². The van der Waals surface area contributed by atoms with E-state index in [4.69, 9.17) is 4.43 Å². The first-order valence-electron chi connectivity index (χ1n) is 9.38. The van der Waals surface area contributed by atoms with E-state index in [-0.39, 0.29) is 5.04 Å². The molecule has 1 aromatic carbocycles. The van der Waals surface area contributed by atoms with Gasteiger partial charge in [0.2, 0.25) is 0 Å². The Morgan fingerprint density at radius 2 is 1.80 bits per heavy atom. The van der Waals surface area contributed by atoms with E-state index >= 15 is 0 Å². The van der Waals surface area contributed by atoms with E-state index in [0.29, 0.717) is 18.8 Å². The monoisotopic (exact) mass is 357 g/mol. The van der Waals surface area contributed by atoms with Crippen LogP contribution in [0.1, 0.15) is 61.6 Å². The van der Waals surface area contributed by atoms with Crippen LogP contribution in [-0.2, 0) is 24.5 Å². The molecule has 1 aliphatic carbocycles. The highest BCUT2D eigenvalue weighted by atomic mass is 28.4. The van der Waals surface area contributed by atoms with Crippen molar-refractivity contribution in [2.45, 2.75) is 71.2 Å². The molecule has 0 atom stereocenters. The van der Waals surface area contributed by atoms with Crippen molar-refractivity contribution in [3.8, 4) is 0 Å². The van der Waals surface area contributed by atoms with Gasteiger partial charge in [0.15, 0.2) is 14.1 Å². The van der Waals surface area contributed by atoms with Crippen molar-refractivity contribution in [2.75, 3.05) is 0 Å². The Labute approximate surface area is 152 Å². The molecule has 0 bridgehead atoms. The van der Waals surface area contributed by atoms with Crippen LogP contribution >= 0.6 is 0 Å². The molecule has 1 heterocycles. The van der Waals surface area contributed by atoms with Crippen molar-refractivity contribution in [1.29, 1.82) is 0 Å². The lowest BCUT2D eigenvalue weighted by molar-refractivity contribution is 0.0982. The maximum Gasteiger partial charge on any atom is 0.192 e. The second kappa shape index (κ2) is 6.40. The maximum atomic E-state index is 12.4. The Kier molecular flexibility index (Phi) is 4.71. The molecule has 0 saturated heterocycles. The van der Waals surface area contributed by atoms with Gasteiger partial charge in [-0.3, -0.25) is 4.79 Å².